The lowest BCUT2D eigenvalue weighted by atomic mass is 10.0. The zero-order valence-corrected chi connectivity index (χ0v) is 14.0. The first-order valence-electron chi connectivity index (χ1n) is 7.17. The average Bonchev–Trinajstić information content (AvgIpc) is 3.01. The monoisotopic (exact) mass is 304 g/mol. The summed E-state index contributed by atoms with van der Waals surface area (Å²) in [5.74, 6) is 0.908. The Kier molecular flexibility index (Phi) is 5.79. The van der Waals surface area contributed by atoms with Crippen LogP contribution in [0.5, 0.6) is 5.75 Å². The molecule has 2 rings (SSSR count). The molecule has 0 fully saturated rings. The molecule has 0 aliphatic heterocycles. The van der Waals surface area contributed by atoms with Crippen molar-refractivity contribution in [1.29, 1.82) is 0 Å². The van der Waals surface area contributed by atoms with Gasteiger partial charge in [0.05, 0.1) is 7.11 Å². The van der Waals surface area contributed by atoms with Crippen LogP contribution in [0.2, 0.25) is 0 Å². The molecule has 114 valence electrons. The lowest BCUT2D eigenvalue weighted by molar-refractivity contribution is 0.281. The summed E-state index contributed by atoms with van der Waals surface area (Å²) in [7, 11) is 5.93. The third-order valence-electron chi connectivity index (χ3n) is 3.76. The Morgan fingerprint density at radius 3 is 2.67 bits per heavy atom. The standard InChI is InChI=1S/C17H24N2OS/c1-13(15-8-9-21-12-15)18-11-17(19(2)3)14-6-5-7-16(10-14)20-4/h5-10,12-13,17-18H,11H2,1-4H3. The molecular formula is C17H24N2OS. The fraction of sp³-hybridized carbons (Fsp3) is 0.412. The molecule has 0 amide bonds. The average molecular weight is 304 g/mol. The molecule has 0 saturated heterocycles. The summed E-state index contributed by atoms with van der Waals surface area (Å²) in [6, 6.07) is 11.2. The van der Waals surface area contributed by atoms with E-state index in [4.69, 9.17) is 4.74 Å². The minimum absolute atomic E-state index is 0.321. The van der Waals surface area contributed by atoms with Gasteiger partial charge in [0.1, 0.15) is 5.75 Å². The zero-order chi connectivity index (χ0) is 15.2. The van der Waals surface area contributed by atoms with Gasteiger partial charge in [0.25, 0.3) is 0 Å². The highest BCUT2D eigenvalue weighted by atomic mass is 32.1. The summed E-state index contributed by atoms with van der Waals surface area (Å²) in [4.78, 5) is 2.24. The van der Waals surface area contributed by atoms with Gasteiger partial charge in [0.2, 0.25) is 0 Å². The molecule has 4 heteroatoms. The van der Waals surface area contributed by atoms with Gasteiger partial charge in [-0.05, 0) is 61.1 Å². The molecular weight excluding hydrogens is 280 g/mol. The van der Waals surface area contributed by atoms with E-state index >= 15 is 0 Å². The van der Waals surface area contributed by atoms with E-state index in [-0.39, 0.29) is 0 Å². The summed E-state index contributed by atoms with van der Waals surface area (Å²) in [6.45, 7) is 3.11. The summed E-state index contributed by atoms with van der Waals surface area (Å²) >= 11 is 1.74. The van der Waals surface area contributed by atoms with Crippen molar-refractivity contribution in [3.8, 4) is 5.75 Å². The molecule has 0 bridgehead atoms. The second-order valence-corrected chi connectivity index (χ2v) is 6.22. The van der Waals surface area contributed by atoms with Crippen LogP contribution in [0.4, 0.5) is 0 Å². The van der Waals surface area contributed by atoms with Crippen LogP contribution in [0, 0.1) is 0 Å². The molecule has 1 aromatic carbocycles. The first kappa shape index (κ1) is 16.0. The molecule has 1 N–H and O–H groups in total. The Labute approximate surface area is 131 Å². The van der Waals surface area contributed by atoms with Crippen LogP contribution in [0.1, 0.15) is 30.1 Å². The van der Waals surface area contributed by atoms with Crippen LogP contribution < -0.4 is 10.1 Å². The molecule has 3 nitrogen and oxygen atoms in total. The van der Waals surface area contributed by atoms with Gasteiger partial charge in [-0.25, -0.2) is 0 Å². The fourth-order valence-electron chi connectivity index (χ4n) is 2.38. The molecule has 0 saturated carbocycles. The lowest BCUT2D eigenvalue weighted by Crippen LogP contribution is -2.32. The molecule has 1 heterocycles. The van der Waals surface area contributed by atoms with Gasteiger partial charge in [0, 0.05) is 18.6 Å². The third-order valence-corrected chi connectivity index (χ3v) is 4.46. The highest BCUT2D eigenvalue weighted by Crippen LogP contribution is 2.23. The van der Waals surface area contributed by atoms with E-state index in [0.717, 1.165) is 12.3 Å². The molecule has 0 radical (unpaired) electrons. The smallest absolute Gasteiger partial charge is 0.119 e. The van der Waals surface area contributed by atoms with E-state index < -0.39 is 0 Å². The molecule has 2 aromatic rings. The van der Waals surface area contributed by atoms with Crippen molar-refractivity contribution >= 4 is 11.3 Å². The predicted molar refractivity (Wildman–Crippen MR) is 90.2 cm³/mol. The molecule has 0 spiro atoms. The van der Waals surface area contributed by atoms with Gasteiger partial charge >= 0.3 is 0 Å². The van der Waals surface area contributed by atoms with E-state index in [2.05, 4.69) is 60.2 Å². The number of thiophene rings is 1. The maximum atomic E-state index is 5.33. The predicted octanol–water partition coefficient (Wildman–Crippen LogP) is 3.71. The van der Waals surface area contributed by atoms with Gasteiger partial charge in [-0.2, -0.15) is 11.3 Å². The van der Waals surface area contributed by atoms with Crippen LogP contribution in [-0.4, -0.2) is 32.6 Å². The number of benzene rings is 1. The minimum Gasteiger partial charge on any atom is -0.497 e. The number of nitrogens with one attached hydrogen (secondary N) is 1. The Balaban J connectivity index is 2.05. The van der Waals surface area contributed by atoms with Crippen molar-refractivity contribution in [1.82, 2.24) is 10.2 Å². The summed E-state index contributed by atoms with van der Waals surface area (Å²) in [5, 5.41) is 7.95. The minimum atomic E-state index is 0.321. The first-order chi connectivity index (χ1) is 10.1. The maximum absolute atomic E-state index is 5.33. The second kappa shape index (κ2) is 7.59. The first-order valence-corrected chi connectivity index (χ1v) is 8.12. The Morgan fingerprint density at radius 1 is 1.24 bits per heavy atom. The van der Waals surface area contributed by atoms with E-state index in [1.54, 1.807) is 18.4 Å². The van der Waals surface area contributed by atoms with Crippen LogP contribution >= 0.6 is 11.3 Å². The van der Waals surface area contributed by atoms with Gasteiger partial charge in [-0.1, -0.05) is 12.1 Å². The third kappa shape index (κ3) is 4.30. The molecule has 1 aromatic heterocycles. The summed E-state index contributed by atoms with van der Waals surface area (Å²) in [5.41, 5.74) is 2.62. The Bertz CT molecular complexity index is 539. The largest absolute Gasteiger partial charge is 0.497 e. The van der Waals surface area contributed by atoms with Gasteiger partial charge < -0.3 is 15.0 Å². The summed E-state index contributed by atoms with van der Waals surface area (Å²) in [6.07, 6.45) is 0. The SMILES string of the molecule is COc1cccc(C(CNC(C)c2ccsc2)N(C)C)c1. The fourth-order valence-corrected chi connectivity index (χ4v) is 3.13. The Hall–Kier alpha value is -1.36. The lowest BCUT2D eigenvalue weighted by Gasteiger charge is -2.27. The number of hydrogen-bond acceptors (Lipinski definition) is 4. The van der Waals surface area contributed by atoms with Crippen molar-refractivity contribution in [2.75, 3.05) is 27.7 Å². The van der Waals surface area contributed by atoms with Crippen molar-refractivity contribution in [2.24, 2.45) is 0 Å². The van der Waals surface area contributed by atoms with Gasteiger partial charge in [-0.3, -0.25) is 0 Å². The number of rotatable bonds is 7. The van der Waals surface area contributed by atoms with Crippen LogP contribution in [0.3, 0.4) is 0 Å². The van der Waals surface area contributed by atoms with E-state index in [9.17, 15) is 0 Å². The number of methoxy groups -OCH3 is 1. The van der Waals surface area contributed by atoms with Gasteiger partial charge in [0.15, 0.2) is 0 Å². The number of hydrogen-bond donors (Lipinski definition) is 1. The second-order valence-electron chi connectivity index (χ2n) is 5.44. The highest BCUT2D eigenvalue weighted by Gasteiger charge is 2.16. The molecule has 21 heavy (non-hydrogen) atoms. The quantitative estimate of drug-likeness (QED) is 0.844. The number of likely N-dealkylation sites (N-methyl/N-ethyl adjacent to an activating group) is 1. The molecule has 0 aliphatic rings. The van der Waals surface area contributed by atoms with Crippen LogP contribution in [0.25, 0.3) is 0 Å². The maximum Gasteiger partial charge on any atom is 0.119 e. The molecule has 2 unspecified atom stereocenters. The van der Waals surface area contributed by atoms with Gasteiger partial charge in [-0.15, -0.1) is 0 Å². The van der Waals surface area contributed by atoms with Crippen molar-refractivity contribution in [2.45, 2.75) is 19.0 Å². The van der Waals surface area contributed by atoms with E-state index in [1.807, 2.05) is 12.1 Å². The topological polar surface area (TPSA) is 24.5 Å². The Morgan fingerprint density at radius 2 is 2.05 bits per heavy atom. The van der Waals surface area contributed by atoms with Crippen LogP contribution in [0.15, 0.2) is 41.1 Å². The molecule has 0 aliphatic carbocycles. The number of nitrogens with zero attached hydrogens (tertiary/aromatic N) is 1. The van der Waals surface area contributed by atoms with Crippen molar-refractivity contribution in [3.05, 3.63) is 52.2 Å². The van der Waals surface area contributed by atoms with E-state index in [1.165, 1.54) is 11.1 Å². The highest BCUT2D eigenvalue weighted by molar-refractivity contribution is 7.07. The molecule has 2 atom stereocenters. The van der Waals surface area contributed by atoms with E-state index in [0.29, 0.717) is 12.1 Å². The van der Waals surface area contributed by atoms with Crippen LogP contribution in [-0.2, 0) is 0 Å². The normalized spacial score (nSPS) is 14.1. The summed E-state index contributed by atoms with van der Waals surface area (Å²) < 4.78 is 5.33. The van der Waals surface area contributed by atoms with Crippen molar-refractivity contribution < 1.29 is 4.74 Å². The number of ether oxygens (including phenoxy) is 1. The van der Waals surface area contributed by atoms with Crippen molar-refractivity contribution in [3.63, 3.8) is 0 Å². The zero-order valence-electron chi connectivity index (χ0n) is 13.2.